The zero-order chi connectivity index (χ0) is 17.9. The van der Waals surface area contributed by atoms with Crippen molar-refractivity contribution in [2.75, 3.05) is 0 Å². The molecule has 2 aromatic rings. The summed E-state index contributed by atoms with van der Waals surface area (Å²) in [4.78, 5) is 0. The van der Waals surface area contributed by atoms with Crippen molar-refractivity contribution in [1.82, 2.24) is 5.01 Å². The van der Waals surface area contributed by atoms with Gasteiger partial charge in [-0.1, -0.05) is 37.6 Å². The molecule has 5 nitrogen and oxygen atoms in total. The molecule has 6 N–H and O–H groups in total. The van der Waals surface area contributed by atoms with E-state index in [0.717, 1.165) is 5.56 Å². The fraction of sp³-hybridized carbons (Fsp3) is 0.222. The zero-order valence-electron chi connectivity index (χ0n) is 13.7. The van der Waals surface area contributed by atoms with Crippen molar-refractivity contribution in [3.8, 4) is 11.5 Å². The predicted octanol–water partition coefficient (Wildman–Crippen LogP) is 3.51. The molecule has 0 saturated carbocycles. The molecule has 6 heteroatoms. The molecule has 128 valence electrons. The van der Waals surface area contributed by atoms with Crippen LogP contribution in [-0.4, -0.2) is 15.2 Å². The number of aromatic hydroxyl groups is 2. The van der Waals surface area contributed by atoms with Gasteiger partial charge in [0.05, 0.1) is 12.2 Å². The maximum atomic E-state index is 10.0. The van der Waals surface area contributed by atoms with E-state index in [1.165, 1.54) is 11.1 Å². The molecule has 0 saturated heterocycles. The molecule has 0 aliphatic carbocycles. The molecule has 0 radical (unpaired) electrons. The third-order valence-corrected chi connectivity index (χ3v) is 3.91. The third-order valence-electron chi connectivity index (χ3n) is 3.66. The number of hydrazine groups is 1. The highest BCUT2D eigenvalue weighted by Crippen LogP contribution is 2.34. The molecule has 0 unspecified atom stereocenters. The Labute approximate surface area is 146 Å². The summed E-state index contributed by atoms with van der Waals surface area (Å²) < 4.78 is 0. The van der Waals surface area contributed by atoms with Crippen LogP contribution in [-0.2, 0) is 6.54 Å². The molecule has 0 aromatic heterocycles. The van der Waals surface area contributed by atoms with Crippen LogP contribution in [0.4, 0.5) is 0 Å². The van der Waals surface area contributed by atoms with Gasteiger partial charge in [0, 0.05) is 22.9 Å². The molecule has 24 heavy (non-hydrogen) atoms. The Morgan fingerprint density at radius 2 is 1.79 bits per heavy atom. The van der Waals surface area contributed by atoms with Gasteiger partial charge in [0.15, 0.2) is 0 Å². The first-order valence-corrected chi connectivity index (χ1v) is 7.95. The second-order valence-corrected chi connectivity index (χ2v) is 6.40. The predicted molar refractivity (Wildman–Crippen MR) is 97.2 cm³/mol. The van der Waals surface area contributed by atoms with E-state index in [2.05, 4.69) is 0 Å². The first-order valence-electron chi connectivity index (χ1n) is 7.57. The largest absolute Gasteiger partial charge is 0.508 e. The Hall–Kier alpha value is -2.37. The lowest BCUT2D eigenvalue weighted by Gasteiger charge is -2.17. The number of phenols is 2. The van der Waals surface area contributed by atoms with Crippen molar-refractivity contribution in [3.63, 3.8) is 0 Å². The number of rotatable bonds is 5. The van der Waals surface area contributed by atoms with Crippen molar-refractivity contribution < 1.29 is 10.2 Å². The lowest BCUT2D eigenvalue weighted by atomic mass is 9.98. The van der Waals surface area contributed by atoms with Crippen molar-refractivity contribution >= 4 is 17.3 Å². The van der Waals surface area contributed by atoms with Gasteiger partial charge in [-0.3, -0.25) is 0 Å². The highest BCUT2D eigenvalue weighted by Gasteiger charge is 2.13. The van der Waals surface area contributed by atoms with Crippen LogP contribution in [0.25, 0.3) is 5.70 Å². The molecule has 0 spiro atoms. The maximum absolute atomic E-state index is 10.0. The fourth-order valence-electron chi connectivity index (χ4n) is 2.38. The van der Waals surface area contributed by atoms with Crippen molar-refractivity contribution in [2.45, 2.75) is 26.3 Å². The number of nitrogens with zero attached hydrogens (tertiary/aromatic N) is 1. The van der Waals surface area contributed by atoms with Crippen LogP contribution in [0.5, 0.6) is 11.5 Å². The van der Waals surface area contributed by atoms with Crippen molar-refractivity contribution in [2.24, 2.45) is 11.6 Å². The van der Waals surface area contributed by atoms with Crippen LogP contribution in [0.15, 0.2) is 42.6 Å². The summed E-state index contributed by atoms with van der Waals surface area (Å²) in [5.74, 6) is 6.02. The SMILES string of the molecule is CC(C)c1cc(/C(N)=C/N(N)Cc2ccc(Cl)cc2)c(O)cc1O. The smallest absolute Gasteiger partial charge is 0.128 e. The number of hydrogen-bond donors (Lipinski definition) is 4. The van der Waals surface area contributed by atoms with Crippen molar-refractivity contribution in [3.05, 3.63) is 64.3 Å². The Kier molecular flexibility index (Phi) is 5.59. The maximum Gasteiger partial charge on any atom is 0.128 e. The van der Waals surface area contributed by atoms with Gasteiger partial charge in [-0.2, -0.15) is 0 Å². The van der Waals surface area contributed by atoms with Crippen LogP contribution in [0.2, 0.25) is 5.02 Å². The standard InChI is InChI=1S/C18H22ClN3O2/c1-11(2)14-7-15(18(24)8-17(14)23)16(20)10-22(21)9-12-3-5-13(19)6-4-12/h3-8,10-11,23-24H,9,20-21H2,1-2H3/b16-10-. The molecular formula is C18H22ClN3O2. The minimum absolute atomic E-state index is 0.0461. The Balaban J connectivity index is 2.23. The summed E-state index contributed by atoms with van der Waals surface area (Å²) in [6, 6.07) is 10.3. The summed E-state index contributed by atoms with van der Waals surface area (Å²) in [5, 5.41) is 22.0. The van der Waals surface area contributed by atoms with Crippen LogP contribution in [0.3, 0.4) is 0 Å². The van der Waals surface area contributed by atoms with Gasteiger partial charge in [-0.25, -0.2) is 5.84 Å². The van der Waals surface area contributed by atoms with Gasteiger partial charge in [0.1, 0.15) is 11.5 Å². The van der Waals surface area contributed by atoms with E-state index in [1.54, 1.807) is 24.4 Å². The Bertz CT molecular complexity index is 743. The zero-order valence-corrected chi connectivity index (χ0v) is 14.5. The van der Waals surface area contributed by atoms with Crippen LogP contribution in [0.1, 0.15) is 36.5 Å². The van der Waals surface area contributed by atoms with E-state index in [0.29, 0.717) is 28.4 Å². The number of nitrogens with two attached hydrogens (primary N) is 2. The summed E-state index contributed by atoms with van der Waals surface area (Å²) in [7, 11) is 0. The highest BCUT2D eigenvalue weighted by atomic mass is 35.5. The normalized spacial score (nSPS) is 11.8. The lowest BCUT2D eigenvalue weighted by molar-refractivity contribution is 0.387. The Morgan fingerprint density at radius 3 is 2.38 bits per heavy atom. The van der Waals surface area contributed by atoms with Crippen molar-refractivity contribution in [1.29, 1.82) is 0 Å². The summed E-state index contributed by atoms with van der Waals surface area (Å²) in [6.45, 7) is 4.34. The van der Waals surface area contributed by atoms with E-state index >= 15 is 0 Å². The minimum atomic E-state index is -0.0921. The van der Waals surface area contributed by atoms with Gasteiger partial charge < -0.3 is 21.0 Å². The highest BCUT2D eigenvalue weighted by molar-refractivity contribution is 6.30. The fourth-order valence-corrected chi connectivity index (χ4v) is 2.51. The molecule has 0 atom stereocenters. The van der Waals surface area contributed by atoms with E-state index in [9.17, 15) is 10.2 Å². The lowest BCUT2D eigenvalue weighted by Crippen LogP contribution is -2.25. The third kappa shape index (κ3) is 4.34. The topological polar surface area (TPSA) is 95.7 Å². The van der Waals surface area contributed by atoms with Gasteiger partial charge >= 0.3 is 0 Å². The van der Waals surface area contributed by atoms with Crippen LogP contribution < -0.4 is 11.6 Å². The number of phenolic OH excluding ortho intramolecular Hbond substituents is 2. The number of benzene rings is 2. The summed E-state index contributed by atoms with van der Waals surface area (Å²) >= 11 is 5.86. The monoisotopic (exact) mass is 347 g/mol. The molecule has 0 fully saturated rings. The summed E-state index contributed by atoms with van der Waals surface area (Å²) in [5.41, 5.74) is 8.50. The molecule has 2 rings (SSSR count). The first kappa shape index (κ1) is 18.0. The van der Waals surface area contributed by atoms with E-state index in [-0.39, 0.29) is 17.4 Å². The second-order valence-electron chi connectivity index (χ2n) is 5.97. The average Bonchev–Trinajstić information content (AvgIpc) is 2.49. The molecular weight excluding hydrogens is 326 g/mol. The molecule has 0 heterocycles. The average molecular weight is 348 g/mol. The van der Waals surface area contributed by atoms with Gasteiger partial charge in [0.2, 0.25) is 0 Å². The molecule has 0 aliphatic rings. The first-order chi connectivity index (χ1) is 11.3. The summed E-state index contributed by atoms with van der Waals surface area (Å²) in [6.07, 6.45) is 1.55. The van der Waals surface area contributed by atoms with Gasteiger partial charge in [-0.15, -0.1) is 0 Å². The molecule has 0 bridgehead atoms. The van der Waals surface area contributed by atoms with E-state index < -0.39 is 0 Å². The van der Waals surface area contributed by atoms with E-state index in [1.807, 2.05) is 26.0 Å². The van der Waals surface area contributed by atoms with Crippen LogP contribution in [0, 0.1) is 0 Å². The van der Waals surface area contributed by atoms with E-state index in [4.69, 9.17) is 23.2 Å². The second kappa shape index (κ2) is 7.47. The Morgan fingerprint density at radius 1 is 1.17 bits per heavy atom. The number of hydrogen-bond acceptors (Lipinski definition) is 5. The molecule has 0 amide bonds. The molecule has 2 aromatic carbocycles. The van der Waals surface area contributed by atoms with Gasteiger partial charge in [0.25, 0.3) is 0 Å². The quantitative estimate of drug-likeness (QED) is 0.490. The molecule has 0 aliphatic heterocycles. The number of halogens is 1. The van der Waals surface area contributed by atoms with Gasteiger partial charge in [-0.05, 0) is 35.2 Å². The minimum Gasteiger partial charge on any atom is -0.508 e. The van der Waals surface area contributed by atoms with Crippen LogP contribution >= 0.6 is 11.6 Å².